The Hall–Kier alpha value is -1.74. The second kappa shape index (κ2) is 9.38. The lowest BCUT2D eigenvalue weighted by Gasteiger charge is -2.16. The summed E-state index contributed by atoms with van der Waals surface area (Å²) in [5.41, 5.74) is 6.07. The Morgan fingerprint density at radius 1 is 0.862 bits per heavy atom. The second-order valence-corrected chi connectivity index (χ2v) is 8.90. The number of aromatic nitrogens is 1. The van der Waals surface area contributed by atoms with Gasteiger partial charge in [0, 0.05) is 34.0 Å². The van der Waals surface area contributed by atoms with E-state index in [1.807, 2.05) is 24.3 Å². The van der Waals surface area contributed by atoms with Gasteiger partial charge in [-0.1, -0.05) is 61.0 Å². The summed E-state index contributed by atoms with van der Waals surface area (Å²) in [6.07, 6.45) is 8.04. The molecule has 0 unspecified atom stereocenters. The van der Waals surface area contributed by atoms with Crippen LogP contribution >= 0.6 is 23.2 Å². The van der Waals surface area contributed by atoms with Crippen molar-refractivity contribution >= 4 is 23.2 Å². The molecule has 0 amide bonds. The lowest BCUT2D eigenvalue weighted by atomic mass is 10.1. The van der Waals surface area contributed by atoms with Gasteiger partial charge < -0.3 is 9.88 Å². The Bertz CT molecular complexity index is 934. The number of rotatable bonds is 5. The van der Waals surface area contributed by atoms with Crippen LogP contribution in [0.4, 0.5) is 0 Å². The van der Waals surface area contributed by atoms with E-state index in [4.69, 9.17) is 23.2 Å². The molecule has 3 aromatic rings. The number of benzene rings is 2. The van der Waals surface area contributed by atoms with Crippen molar-refractivity contribution in [2.75, 3.05) is 0 Å². The van der Waals surface area contributed by atoms with Gasteiger partial charge in [0.2, 0.25) is 0 Å². The lowest BCUT2D eigenvalue weighted by molar-refractivity contribution is 0.458. The largest absolute Gasteiger partial charge is 0.314 e. The summed E-state index contributed by atoms with van der Waals surface area (Å²) < 4.78 is 2.32. The molecule has 1 heterocycles. The third kappa shape index (κ3) is 4.88. The average molecular weight is 427 g/mol. The van der Waals surface area contributed by atoms with E-state index in [2.05, 4.69) is 47.1 Å². The van der Waals surface area contributed by atoms with Crippen molar-refractivity contribution in [1.82, 2.24) is 9.88 Å². The summed E-state index contributed by atoms with van der Waals surface area (Å²) in [6.45, 7) is 3.11. The van der Waals surface area contributed by atoms with Crippen LogP contribution in [0.25, 0.3) is 16.9 Å². The lowest BCUT2D eigenvalue weighted by Crippen LogP contribution is -2.28. The molecule has 1 aliphatic carbocycles. The van der Waals surface area contributed by atoms with E-state index < -0.39 is 0 Å². The van der Waals surface area contributed by atoms with E-state index in [9.17, 15) is 0 Å². The fourth-order valence-electron chi connectivity index (χ4n) is 4.33. The Morgan fingerprint density at radius 2 is 1.45 bits per heavy atom. The molecule has 0 bridgehead atoms. The van der Waals surface area contributed by atoms with E-state index >= 15 is 0 Å². The molecule has 1 aromatic heterocycles. The normalized spacial score (nSPS) is 15.4. The van der Waals surface area contributed by atoms with Crippen LogP contribution in [-0.2, 0) is 6.54 Å². The summed E-state index contributed by atoms with van der Waals surface area (Å²) in [5, 5.41) is 5.33. The molecule has 0 radical (unpaired) electrons. The quantitative estimate of drug-likeness (QED) is 0.416. The SMILES string of the molecule is Cc1c(CNC2CCCCCC2)cc(-c2ccc(Cl)cc2)n1-c1ccc(Cl)cc1. The zero-order valence-electron chi connectivity index (χ0n) is 16.9. The fourth-order valence-corrected chi connectivity index (χ4v) is 4.58. The Morgan fingerprint density at radius 3 is 2.07 bits per heavy atom. The molecule has 1 N–H and O–H groups in total. The van der Waals surface area contributed by atoms with Gasteiger partial charge in [-0.15, -0.1) is 0 Å². The van der Waals surface area contributed by atoms with Crippen LogP contribution in [0, 0.1) is 6.92 Å². The molecule has 152 valence electrons. The zero-order chi connectivity index (χ0) is 20.2. The maximum atomic E-state index is 6.13. The zero-order valence-corrected chi connectivity index (χ0v) is 18.4. The highest BCUT2D eigenvalue weighted by Gasteiger charge is 2.17. The van der Waals surface area contributed by atoms with Gasteiger partial charge in [-0.25, -0.2) is 0 Å². The number of nitrogens with zero attached hydrogens (tertiary/aromatic N) is 1. The molecule has 1 fully saturated rings. The van der Waals surface area contributed by atoms with E-state index in [0.29, 0.717) is 6.04 Å². The second-order valence-electron chi connectivity index (χ2n) is 8.03. The van der Waals surface area contributed by atoms with Crippen molar-refractivity contribution in [3.63, 3.8) is 0 Å². The van der Waals surface area contributed by atoms with Gasteiger partial charge in [0.1, 0.15) is 0 Å². The molecule has 0 saturated heterocycles. The van der Waals surface area contributed by atoms with Gasteiger partial charge in [-0.05, 0) is 73.4 Å². The van der Waals surface area contributed by atoms with E-state index in [0.717, 1.165) is 27.8 Å². The summed E-state index contributed by atoms with van der Waals surface area (Å²) in [7, 11) is 0. The third-order valence-electron chi connectivity index (χ3n) is 6.01. The highest BCUT2D eigenvalue weighted by Crippen LogP contribution is 2.31. The van der Waals surface area contributed by atoms with Crippen LogP contribution in [0.5, 0.6) is 0 Å². The van der Waals surface area contributed by atoms with Crippen molar-refractivity contribution in [3.05, 3.63) is 75.9 Å². The number of hydrogen-bond acceptors (Lipinski definition) is 1. The Labute approximate surface area is 183 Å². The maximum Gasteiger partial charge on any atom is 0.0534 e. The molecule has 2 aromatic carbocycles. The van der Waals surface area contributed by atoms with Crippen molar-refractivity contribution < 1.29 is 0 Å². The standard InChI is InChI=1S/C25H28Cl2N2/c1-18-20(17-28-23-6-4-2-3-5-7-23)16-25(19-8-10-21(26)11-9-19)29(18)24-14-12-22(27)13-15-24/h8-16,23,28H,2-7,17H2,1H3. The molecule has 0 atom stereocenters. The number of hydrogen-bond donors (Lipinski definition) is 1. The summed E-state index contributed by atoms with van der Waals surface area (Å²) in [5.74, 6) is 0. The summed E-state index contributed by atoms with van der Waals surface area (Å²) >= 11 is 12.3. The van der Waals surface area contributed by atoms with E-state index in [-0.39, 0.29) is 0 Å². The molecule has 2 nitrogen and oxygen atoms in total. The minimum atomic E-state index is 0.634. The van der Waals surface area contributed by atoms with E-state index in [1.165, 1.54) is 55.5 Å². The van der Waals surface area contributed by atoms with Crippen molar-refractivity contribution in [2.45, 2.75) is 58.0 Å². The van der Waals surface area contributed by atoms with Gasteiger partial charge >= 0.3 is 0 Å². The van der Waals surface area contributed by atoms with Gasteiger partial charge in [0.15, 0.2) is 0 Å². The van der Waals surface area contributed by atoms with Crippen molar-refractivity contribution in [2.24, 2.45) is 0 Å². The van der Waals surface area contributed by atoms with Gasteiger partial charge in [0.05, 0.1) is 5.69 Å². The molecule has 4 heteroatoms. The Kier molecular flexibility index (Phi) is 6.64. The van der Waals surface area contributed by atoms with Crippen LogP contribution in [0.3, 0.4) is 0 Å². The molecular weight excluding hydrogens is 399 g/mol. The highest BCUT2D eigenvalue weighted by molar-refractivity contribution is 6.30. The minimum Gasteiger partial charge on any atom is -0.314 e. The van der Waals surface area contributed by atoms with Crippen LogP contribution in [0.15, 0.2) is 54.6 Å². The van der Waals surface area contributed by atoms with Gasteiger partial charge in [-0.2, -0.15) is 0 Å². The smallest absolute Gasteiger partial charge is 0.0534 e. The first-order valence-corrected chi connectivity index (χ1v) is 11.3. The molecule has 1 saturated carbocycles. The van der Waals surface area contributed by atoms with Crippen molar-refractivity contribution in [3.8, 4) is 16.9 Å². The average Bonchev–Trinajstić information content (AvgIpc) is 2.89. The maximum absolute atomic E-state index is 6.13. The molecule has 1 aliphatic rings. The van der Waals surface area contributed by atoms with Gasteiger partial charge in [0.25, 0.3) is 0 Å². The van der Waals surface area contributed by atoms with Gasteiger partial charge in [-0.3, -0.25) is 0 Å². The van der Waals surface area contributed by atoms with Crippen molar-refractivity contribution in [1.29, 1.82) is 0 Å². The topological polar surface area (TPSA) is 17.0 Å². The minimum absolute atomic E-state index is 0.634. The van der Waals surface area contributed by atoms with Crippen LogP contribution in [0.2, 0.25) is 10.0 Å². The molecule has 4 rings (SSSR count). The summed E-state index contributed by atoms with van der Waals surface area (Å²) in [6, 6.07) is 19.1. The summed E-state index contributed by atoms with van der Waals surface area (Å²) in [4.78, 5) is 0. The fraction of sp³-hybridized carbons (Fsp3) is 0.360. The highest BCUT2D eigenvalue weighted by atomic mass is 35.5. The first-order chi connectivity index (χ1) is 14.1. The molecule has 29 heavy (non-hydrogen) atoms. The first kappa shape index (κ1) is 20.5. The van der Waals surface area contributed by atoms with Crippen LogP contribution < -0.4 is 5.32 Å². The monoisotopic (exact) mass is 426 g/mol. The predicted molar refractivity (Wildman–Crippen MR) is 124 cm³/mol. The third-order valence-corrected chi connectivity index (χ3v) is 6.52. The first-order valence-electron chi connectivity index (χ1n) is 10.6. The van der Waals surface area contributed by atoms with Crippen LogP contribution in [-0.4, -0.2) is 10.6 Å². The number of halogens is 2. The number of nitrogens with one attached hydrogen (secondary N) is 1. The Balaban J connectivity index is 1.68. The molecule has 0 aliphatic heterocycles. The predicted octanol–water partition coefficient (Wildman–Crippen LogP) is 7.57. The van der Waals surface area contributed by atoms with E-state index in [1.54, 1.807) is 0 Å². The van der Waals surface area contributed by atoms with Crippen LogP contribution in [0.1, 0.15) is 49.8 Å². The molecule has 0 spiro atoms. The molecular formula is C25H28Cl2N2.